The summed E-state index contributed by atoms with van der Waals surface area (Å²) in [5.74, 6) is -3.48. The largest absolute Gasteiger partial charge is 0.481 e. The van der Waals surface area contributed by atoms with Crippen LogP contribution in [0, 0.1) is 23.7 Å². The fourth-order valence-electron chi connectivity index (χ4n) is 7.15. The first-order valence-electron chi connectivity index (χ1n) is 31.0. The number of hydrogen-bond donors (Lipinski definition) is 7. The van der Waals surface area contributed by atoms with E-state index in [0.717, 1.165) is 56.7 Å². The molecule has 3 saturated carbocycles. The fourth-order valence-corrected chi connectivity index (χ4v) is 11.0. The molecule has 0 aromatic carbocycles. The molecule has 23 heteroatoms. The van der Waals surface area contributed by atoms with Crippen LogP contribution in [0.3, 0.4) is 0 Å². The number of hydrogen-bond acceptors (Lipinski definition) is 16. The number of ether oxygens (including phenoxy) is 3. The zero-order valence-corrected chi connectivity index (χ0v) is 60.4. The lowest BCUT2D eigenvalue weighted by atomic mass is 10.1. The topological polar surface area (TPSA) is 311 Å². The Kier molecular flexibility index (Phi) is 44.3. The van der Waals surface area contributed by atoms with E-state index in [0.29, 0.717) is 39.1 Å². The molecule has 0 aliphatic heterocycles. The fraction of sp³-hybridized carbons (Fsp3) is 0.902. The molecule has 0 radical (unpaired) electrons. The molecular formula is C61H123BrN2O17Si3. The molecule has 3 aliphatic rings. The van der Waals surface area contributed by atoms with Crippen LogP contribution < -0.4 is 11.5 Å². The Bertz CT molecular complexity index is 1740. The first-order chi connectivity index (χ1) is 38.4. The van der Waals surface area contributed by atoms with Crippen LogP contribution in [0.1, 0.15) is 206 Å². The summed E-state index contributed by atoms with van der Waals surface area (Å²) in [4.78, 5) is 65.7. The lowest BCUT2D eigenvalue weighted by Gasteiger charge is -2.36. The van der Waals surface area contributed by atoms with Gasteiger partial charge in [0, 0.05) is 38.4 Å². The van der Waals surface area contributed by atoms with Crippen molar-refractivity contribution in [2.75, 3.05) is 38.4 Å². The Morgan fingerprint density at radius 1 is 0.429 bits per heavy atom. The average molecular weight is 1320 g/mol. The third-order valence-corrected chi connectivity index (χ3v) is 31.0. The van der Waals surface area contributed by atoms with E-state index in [1.807, 2.05) is 13.8 Å². The van der Waals surface area contributed by atoms with Crippen molar-refractivity contribution in [3.63, 3.8) is 0 Å². The van der Waals surface area contributed by atoms with Gasteiger partial charge in [0.25, 0.3) is 0 Å². The van der Waals surface area contributed by atoms with Gasteiger partial charge in [-0.15, -0.1) is 0 Å². The van der Waals surface area contributed by atoms with E-state index in [1.165, 1.54) is 38.5 Å². The van der Waals surface area contributed by atoms with Crippen molar-refractivity contribution >= 4 is 76.7 Å². The van der Waals surface area contributed by atoms with Crippen LogP contribution in [0.15, 0.2) is 0 Å². The van der Waals surface area contributed by atoms with Gasteiger partial charge in [-0.05, 0) is 170 Å². The Hall–Kier alpha value is -2.33. The molecule has 0 bridgehead atoms. The maximum Gasteiger partial charge on any atom is 0.320 e. The number of alkyl halides is 1. The molecule has 84 heavy (non-hydrogen) atoms. The maximum absolute atomic E-state index is 12.0. The van der Waals surface area contributed by atoms with E-state index in [-0.39, 0.29) is 94.6 Å². The number of rotatable bonds is 27. The molecule has 3 fully saturated rings. The molecule has 0 aromatic rings. The predicted molar refractivity (Wildman–Crippen MR) is 346 cm³/mol. The average Bonchev–Trinajstić information content (AvgIpc) is 4.22. The smallest absolute Gasteiger partial charge is 0.320 e. The summed E-state index contributed by atoms with van der Waals surface area (Å²) >= 11 is 3.32. The van der Waals surface area contributed by atoms with Crippen molar-refractivity contribution in [1.29, 1.82) is 0 Å². The van der Waals surface area contributed by atoms with E-state index in [2.05, 4.69) is 118 Å². The van der Waals surface area contributed by atoms with Gasteiger partial charge in [0.05, 0.1) is 23.7 Å². The van der Waals surface area contributed by atoms with Crippen LogP contribution in [0.25, 0.3) is 0 Å². The van der Waals surface area contributed by atoms with Gasteiger partial charge in [-0.25, -0.2) is 0 Å². The SMILES string of the molecule is CC(C)(C)[Si](C)(C)OCC[C@H](N)C(=O)O.C[C@@H](CCBr)C(=O)OC1CCCC1.C[C@@H](CCO)C(=O)OC1CCCC1.C[C@@H](CCO[Si](C)(C)C(C)(C)C)C(=O)O.C[C@@H](CCO[Si](C)(C)C(C)(C)C)C(=O)OC1CCCC1.N[C@@H](CCO)C(=O)O. The van der Waals surface area contributed by atoms with Crippen molar-refractivity contribution in [2.45, 2.75) is 290 Å². The van der Waals surface area contributed by atoms with Crippen LogP contribution in [-0.2, 0) is 56.3 Å². The summed E-state index contributed by atoms with van der Waals surface area (Å²) in [6.45, 7) is 41.8. The van der Waals surface area contributed by atoms with Crippen LogP contribution in [0.4, 0.5) is 0 Å². The molecule has 0 heterocycles. The molecule has 3 aliphatic carbocycles. The maximum atomic E-state index is 12.0. The van der Waals surface area contributed by atoms with Crippen molar-refractivity contribution in [1.82, 2.24) is 0 Å². The summed E-state index contributed by atoms with van der Waals surface area (Å²) in [6.07, 6.45) is 17.2. The quantitative estimate of drug-likeness (QED) is 0.0174. The molecule has 0 aromatic heterocycles. The Balaban J connectivity index is -0.000000953. The van der Waals surface area contributed by atoms with Gasteiger partial charge in [-0.2, -0.15) is 0 Å². The summed E-state index contributed by atoms with van der Waals surface area (Å²) in [5, 5.41) is 43.6. The molecule has 3 rings (SSSR count). The number of aliphatic carboxylic acids is 3. The minimum atomic E-state index is -1.75. The van der Waals surface area contributed by atoms with Crippen LogP contribution in [0.2, 0.25) is 54.4 Å². The first kappa shape index (κ1) is 85.9. The number of carboxylic acid groups (broad SMARTS) is 3. The number of aliphatic hydroxyl groups is 2. The summed E-state index contributed by atoms with van der Waals surface area (Å²) in [7, 11) is -5.15. The highest BCUT2D eigenvalue weighted by atomic mass is 79.9. The van der Waals surface area contributed by atoms with Gasteiger partial charge in [0.2, 0.25) is 0 Å². The van der Waals surface area contributed by atoms with E-state index in [9.17, 15) is 28.8 Å². The zero-order chi connectivity index (χ0) is 65.9. The third-order valence-electron chi connectivity index (χ3n) is 16.9. The molecule has 498 valence electrons. The number of nitrogens with two attached hydrogens (primary N) is 2. The van der Waals surface area contributed by atoms with Gasteiger partial charge in [0.1, 0.15) is 30.4 Å². The summed E-state index contributed by atoms with van der Waals surface area (Å²) < 4.78 is 34.0. The standard InChI is InChI=1S/C16H32O3Si.C11H24O3Si.C10H17BrO2.C10H23NO3Si.C10H18O3.C4H9NO3/c1-13(15(17)19-14-9-7-8-10-14)11-12-18-20(5,6)16(2,3)4;1-9(10(12)13)7-8-14-15(5,6)11(2,3)4;1-8(6-7-11)10(12)13-9-4-2-3-5-9;1-10(2,3)15(4,5)14-7-6-8(11)9(12)13;1-8(6-7-11)10(12)13-9-4-2-3-5-9;5-3(1-2-6)4(7)8/h13-14H,7-12H2,1-6H3;9H,7-8H2,1-6H3,(H,12,13);8-9H,2-7H2,1H3;8H,6-7,11H2,1-5H3,(H,12,13);8-9,11H,2-7H2,1H3;3,6H,1-2,5H2,(H,7,8)/t13-;9-;3*8-;3-/m000000/s1. The minimum Gasteiger partial charge on any atom is -0.481 e. The Morgan fingerprint density at radius 2 is 0.679 bits per heavy atom. The van der Waals surface area contributed by atoms with E-state index in [1.54, 1.807) is 13.8 Å². The molecule has 0 unspecified atom stereocenters. The molecule has 9 N–H and O–H groups in total. The Labute approximate surface area is 519 Å². The van der Waals surface area contributed by atoms with Crippen molar-refractivity contribution in [3.8, 4) is 0 Å². The third kappa shape index (κ3) is 39.5. The van der Waals surface area contributed by atoms with E-state index < -0.39 is 54.9 Å². The van der Waals surface area contributed by atoms with Crippen molar-refractivity contribution < 1.29 is 81.8 Å². The van der Waals surface area contributed by atoms with Crippen LogP contribution >= 0.6 is 15.9 Å². The summed E-state index contributed by atoms with van der Waals surface area (Å²) in [5.41, 5.74) is 10.4. The van der Waals surface area contributed by atoms with Gasteiger partial charge in [-0.1, -0.05) is 106 Å². The molecular weight excluding hydrogens is 1200 g/mol. The summed E-state index contributed by atoms with van der Waals surface area (Å²) in [6, 6.07) is -1.73. The zero-order valence-electron chi connectivity index (χ0n) is 55.8. The van der Waals surface area contributed by atoms with E-state index >= 15 is 0 Å². The van der Waals surface area contributed by atoms with Crippen molar-refractivity contribution in [2.24, 2.45) is 35.1 Å². The van der Waals surface area contributed by atoms with Crippen LogP contribution in [0.5, 0.6) is 0 Å². The molecule has 0 amide bonds. The minimum absolute atomic E-state index is 0.0219. The van der Waals surface area contributed by atoms with E-state index in [4.69, 9.17) is 64.5 Å². The Morgan fingerprint density at radius 3 is 0.917 bits per heavy atom. The number of halogens is 1. The number of carboxylic acids is 3. The second-order valence-electron chi connectivity index (χ2n) is 27.6. The number of aliphatic hydroxyl groups excluding tert-OH is 2. The monoisotopic (exact) mass is 1320 g/mol. The van der Waals surface area contributed by atoms with Gasteiger partial charge in [0.15, 0.2) is 25.0 Å². The molecule has 0 spiro atoms. The predicted octanol–water partition coefficient (Wildman–Crippen LogP) is 12.6. The van der Waals surface area contributed by atoms with Gasteiger partial charge >= 0.3 is 35.8 Å². The lowest BCUT2D eigenvalue weighted by Crippen LogP contribution is -2.42. The molecule has 19 nitrogen and oxygen atoms in total. The van der Waals surface area contributed by atoms with Gasteiger partial charge in [-0.3, -0.25) is 28.8 Å². The second-order valence-corrected chi connectivity index (χ2v) is 42.8. The van der Waals surface area contributed by atoms with Gasteiger partial charge < -0.3 is 64.5 Å². The normalized spacial score (nSPS) is 17.4. The molecule has 6 atom stereocenters. The van der Waals surface area contributed by atoms with Crippen molar-refractivity contribution in [3.05, 3.63) is 0 Å². The molecule has 0 saturated heterocycles. The highest BCUT2D eigenvalue weighted by molar-refractivity contribution is 9.09. The number of carbonyl (C=O) groups excluding carboxylic acids is 3. The second kappa shape index (κ2) is 43.4. The highest BCUT2D eigenvalue weighted by Crippen LogP contribution is 2.39. The highest BCUT2D eigenvalue weighted by Gasteiger charge is 2.39. The number of carbonyl (C=O) groups is 6. The van der Waals surface area contributed by atoms with Crippen LogP contribution in [-0.4, -0.2) is 155 Å². The first-order valence-corrected chi connectivity index (χ1v) is 40.8. The number of esters is 3. The lowest BCUT2D eigenvalue weighted by molar-refractivity contribution is -0.154.